The molecule has 1 fully saturated rings. The Morgan fingerprint density at radius 2 is 2.08 bits per heavy atom. The van der Waals surface area contributed by atoms with Crippen molar-refractivity contribution in [1.82, 2.24) is 15.1 Å². The maximum absolute atomic E-state index is 12.3. The van der Waals surface area contributed by atoms with E-state index < -0.39 is 0 Å². The highest BCUT2D eigenvalue weighted by molar-refractivity contribution is 7.14. The number of hydrogen-bond acceptors (Lipinski definition) is 5. The zero-order valence-corrected chi connectivity index (χ0v) is 15.0. The molecule has 3 heterocycles. The van der Waals surface area contributed by atoms with Gasteiger partial charge in [-0.15, -0.1) is 11.3 Å². The Bertz CT molecular complexity index is 596. The van der Waals surface area contributed by atoms with Crippen LogP contribution in [0.4, 0.5) is 0 Å². The van der Waals surface area contributed by atoms with Crippen LogP contribution >= 0.6 is 11.3 Å². The molecule has 0 saturated carbocycles. The molecule has 2 aliphatic rings. The van der Waals surface area contributed by atoms with Gasteiger partial charge in [0.15, 0.2) is 0 Å². The SMILES string of the molecule is CC(=O)N1CCc2sc(C(=O)NCCCN3CCOCC3)cc2C1. The first-order valence-electron chi connectivity index (χ1n) is 8.59. The van der Waals surface area contributed by atoms with Gasteiger partial charge in [0.25, 0.3) is 5.91 Å². The molecule has 6 nitrogen and oxygen atoms in total. The van der Waals surface area contributed by atoms with Crippen molar-refractivity contribution in [2.24, 2.45) is 0 Å². The van der Waals surface area contributed by atoms with Crippen LogP contribution < -0.4 is 5.32 Å². The van der Waals surface area contributed by atoms with Gasteiger partial charge in [-0.2, -0.15) is 0 Å². The molecular weight excluding hydrogens is 326 g/mol. The summed E-state index contributed by atoms with van der Waals surface area (Å²) in [6.07, 6.45) is 1.80. The molecule has 2 aliphatic heterocycles. The minimum atomic E-state index is 0.00533. The number of carbonyl (C=O) groups excluding carboxylic acids is 2. The highest BCUT2D eigenvalue weighted by Gasteiger charge is 2.22. The van der Waals surface area contributed by atoms with Crippen LogP contribution in [0.2, 0.25) is 0 Å². The number of nitrogens with one attached hydrogen (secondary N) is 1. The zero-order chi connectivity index (χ0) is 16.9. The summed E-state index contributed by atoms with van der Waals surface area (Å²) in [5.41, 5.74) is 1.12. The topological polar surface area (TPSA) is 61.9 Å². The average molecular weight is 351 g/mol. The molecule has 0 aliphatic carbocycles. The minimum absolute atomic E-state index is 0.00533. The van der Waals surface area contributed by atoms with Crippen molar-refractivity contribution in [3.8, 4) is 0 Å². The third kappa shape index (κ3) is 4.34. The Kier molecular flexibility index (Phi) is 5.86. The van der Waals surface area contributed by atoms with Crippen molar-refractivity contribution in [3.63, 3.8) is 0 Å². The van der Waals surface area contributed by atoms with Crippen molar-refractivity contribution in [2.75, 3.05) is 45.9 Å². The first-order chi connectivity index (χ1) is 11.6. The van der Waals surface area contributed by atoms with Crippen molar-refractivity contribution in [2.45, 2.75) is 26.3 Å². The highest BCUT2D eigenvalue weighted by Crippen LogP contribution is 2.28. The first kappa shape index (κ1) is 17.4. The molecule has 0 radical (unpaired) electrons. The Morgan fingerprint density at radius 1 is 1.29 bits per heavy atom. The maximum Gasteiger partial charge on any atom is 0.261 e. The number of nitrogens with zero attached hydrogens (tertiary/aromatic N) is 2. The molecule has 3 rings (SSSR count). The lowest BCUT2D eigenvalue weighted by Gasteiger charge is -2.26. The van der Waals surface area contributed by atoms with Gasteiger partial charge < -0.3 is 15.0 Å². The summed E-state index contributed by atoms with van der Waals surface area (Å²) in [6.45, 7) is 8.26. The van der Waals surface area contributed by atoms with Gasteiger partial charge in [-0.3, -0.25) is 14.5 Å². The van der Waals surface area contributed by atoms with E-state index in [0.717, 1.165) is 62.7 Å². The number of hydrogen-bond donors (Lipinski definition) is 1. The van der Waals surface area contributed by atoms with Gasteiger partial charge in [0, 0.05) is 44.5 Å². The standard InChI is InChI=1S/C17H25N3O3S/c1-13(21)20-6-3-15-14(12-20)11-16(24-15)17(22)18-4-2-5-19-7-9-23-10-8-19/h11H,2-10,12H2,1H3,(H,18,22). The van der Waals surface area contributed by atoms with E-state index >= 15 is 0 Å². The number of carbonyl (C=O) groups is 2. The number of amides is 2. The largest absolute Gasteiger partial charge is 0.379 e. The number of fused-ring (bicyclic) bond motifs is 1. The molecule has 132 valence electrons. The van der Waals surface area contributed by atoms with E-state index in [1.165, 1.54) is 4.88 Å². The summed E-state index contributed by atoms with van der Waals surface area (Å²) in [6, 6.07) is 1.95. The fourth-order valence-corrected chi connectivity index (χ4v) is 4.21. The second kappa shape index (κ2) is 8.09. The van der Waals surface area contributed by atoms with Crippen LogP contribution in [0.25, 0.3) is 0 Å². The molecule has 2 amide bonds. The lowest BCUT2D eigenvalue weighted by Crippen LogP contribution is -2.38. The molecule has 1 aromatic rings. The summed E-state index contributed by atoms with van der Waals surface area (Å²) in [4.78, 5) is 30.0. The van der Waals surface area contributed by atoms with Crippen molar-refractivity contribution in [3.05, 3.63) is 21.4 Å². The van der Waals surface area contributed by atoms with E-state index in [9.17, 15) is 9.59 Å². The van der Waals surface area contributed by atoms with E-state index in [2.05, 4.69) is 10.2 Å². The quantitative estimate of drug-likeness (QED) is 0.807. The molecule has 0 bridgehead atoms. The lowest BCUT2D eigenvalue weighted by molar-refractivity contribution is -0.129. The molecule has 1 N–H and O–H groups in total. The predicted molar refractivity (Wildman–Crippen MR) is 93.3 cm³/mol. The van der Waals surface area contributed by atoms with Gasteiger partial charge in [0.1, 0.15) is 0 Å². The monoisotopic (exact) mass is 351 g/mol. The Hall–Kier alpha value is -1.44. The summed E-state index contributed by atoms with van der Waals surface area (Å²) in [5.74, 6) is 0.103. The molecular formula is C17H25N3O3S. The second-order valence-electron chi connectivity index (χ2n) is 6.31. The number of rotatable bonds is 5. The Labute approximate surface area is 146 Å². The predicted octanol–water partition coefficient (Wildman–Crippen LogP) is 1.10. The van der Waals surface area contributed by atoms with Gasteiger partial charge in [0.2, 0.25) is 5.91 Å². The molecule has 0 unspecified atom stereocenters. The van der Waals surface area contributed by atoms with E-state index in [1.807, 2.05) is 11.0 Å². The smallest absolute Gasteiger partial charge is 0.261 e. The zero-order valence-electron chi connectivity index (χ0n) is 14.2. The Balaban J connectivity index is 1.45. The number of thiophene rings is 1. The Morgan fingerprint density at radius 3 is 2.83 bits per heavy atom. The summed E-state index contributed by atoms with van der Waals surface area (Å²) in [5, 5.41) is 3.01. The van der Waals surface area contributed by atoms with Crippen LogP contribution in [0.5, 0.6) is 0 Å². The minimum Gasteiger partial charge on any atom is -0.379 e. The molecule has 0 spiro atoms. The lowest BCUT2D eigenvalue weighted by atomic mass is 10.1. The third-order valence-corrected chi connectivity index (χ3v) is 5.81. The van der Waals surface area contributed by atoms with E-state index in [1.54, 1.807) is 18.3 Å². The second-order valence-corrected chi connectivity index (χ2v) is 7.45. The molecule has 0 atom stereocenters. The normalized spacial score (nSPS) is 18.3. The van der Waals surface area contributed by atoms with E-state index in [0.29, 0.717) is 13.1 Å². The van der Waals surface area contributed by atoms with Crippen LogP contribution in [0.1, 0.15) is 33.5 Å². The highest BCUT2D eigenvalue weighted by atomic mass is 32.1. The van der Waals surface area contributed by atoms with Crippen molar-refractivity contribution in [1.29, 1.82) is 0 Å². The summed E-state index contributed by atoms with van der Waals surface area (Å²) < 4.78 is 5.33. The average Bonchev–Trinajstić information content (AvgIpc) is 3.02. The van der Waals surface area contributed by atoms with Gasteiger partial charge in [0.05, 0.1) is 18.1 Å². The first-order valence-corrected chi connectivity index (χ1v) is 9.40. The van der Waals surface area contributed by atoms with Crippen LogP contribution in [0.15, 0.2) is 6.07 Å². The van der Waals surface area contributed by atoms with Gasteiger partial charge in [-0.25, -0.2) is 0 Å². The summed E-state index contributed by atoms with van der Waals surface area (Å²) >= 11 is 1.57. The number of morpholine rings is 1. The van der Waals surface area contributed by atoms with Gasteiger partial charge in [-0.05, 0) is 31.0 Å². The van der Waals surface area contributed by atoms with Gasteiger partial charge in [-0.1, -0.05) is 0 Å². The molecule has 1 aromatic heterocycles. The fraction of sp³-hybridized carbons (Fsp3) is 0.647. The fourth-order valence-electron chi connectivity index (χ4n) is 3.13. The van der Waals surface area contributed by atoms with Crippen molar-refractivity contribution >= 4 is 23.2 Å². The number of ether oxygens (including phenoxy) is 1. The van der Waals surface area contributed by atoms with Crippen LogP contribution in [0, 0.1) is 0 Å². The molecule has 0 aromatic carbocycles. The van der Waals surface area contributed by atoms with E-state index in [-0.39, 0.29) is 11.8 Å². The van der Waals surface area contributed by atoms with Crippen LogP contribution in [-0.2, 0) is 22.5 Å². The van der Waals surface area contributed by atoms with Crippen molar-refractivity contribution < 1.29 is 14.3 Å². The molecule has 1 saturated heterocycles. The van der Waals surface area contributed by atoms with Gasteiger partial charge >= 0.3 is 0 Å². The third-order valence-electron chi connectivity index (χ3n) is 4.58. The van der Waals surface area contributed by atoms with Crippen LogP contribution in [-0.4, -0.2) is 67.6 Å². The molecule has 7 heteroatoms. The summed E-state index contributed by atoms with van der Waals surface area (Å²) in [7, 11) is 0. The maximum atomic E-state index is 12.3. The van der Waals surface area contributed by atoms with E-state index in [4.69, 9.17) is 4.74 Å². The molecule has 24 heavy (non-hydrogen) atoms. The van der Waals surface area contributed by atoms with Crippen LogP contribution in [0.3, 0.4) is 0 Å².